The number of nitrogens with zero attached hydrogens (tertiary/aromatic N) is 1. The molecular formula is C29H22N2O2S. The van der Waals surface area contributed by atoms with Crippen molar-refractivity contribution in [3.8, 4) is 38.6 Å². The fourth-order valence-corrected chi connectivity index (χ4v) is 4.79. The first-order valence-electron chi connectivity index (χ1n) is 10.9. The van der Waals surface area contributed by atoms with Crippen molar-refractivity contribution in [2.24, 2.45) is 0 Å². The molecule has 5 aromatic rings. The van der Waals surface area contributed by atoms with Crippen molar-refractivity contribution in [2.75, 3.05) is 12.4 Å². The van der Waals surface area contributed by atoms with Crippen molar-refractivity contribution in [3.63, 3.8) is 0 Å². The van der Waals surface area contributed by atoms with Gasteiger partial charge in [0.25, 0.3) is 5.91 Å². The van der Waals surface area contributed by atoms with Crippen LogP contribution in [-0.4, -0.2) is 18.0 Å². The van der Waals surface area contributed by atoms with Gasteiger partial charge in [-0.3, -0.25) is 10.1 Å². The Labute approximate surface area is 202 Å². The summed E-state index contributed by atoms with van der Waals surface area (Å²) in [5.41, 5.74) is 5.68. The fraction of sp³-hybridized carbons (Fsp3) is 0.0345. The van der Waals surface area contributed by atoms with E-state index in [1.807, 2.05) is 60.7 Å². The van der Waals surface area contributed by atoms with Gasteiger partial charge in [-0.25, -0.2) is 4.98 Å². The van der Waals surface area contributed by atoms with Crippen molar-refractivity contribution < 1.29 is 9.53 Å². The van der Waals surface area contributed by atoms with Crippen LogP contribution in [0.15, 0.2) is 109 Å². The number of methoxy groups -OCH3 is 1. The maximum absolute atomic E-state index is 13.0. The lowest BCUT2D eigenvalue weighted by molar-refractivity contribution is 0.102. The summed E-state index contributed by atoms with van der Waals surface area (Å²) in [6.07, 6.45) is 0. The number of rotatable bonds is 6. The van der Waals surface area contributed by atoms with Gasteiger partial charge in [0.2, 0.25) is 0 Å². The average molecular weight is 463 g/mol. The summed E-state index contributed by atoms with van der Waals surface area (Å²) in [6, 6.07) is 35.9. The molecule has 0 unspecified atom stereocenters. The summed E-state index contributed by atoms with van der Waals surface area (Å²) in [5.74, 6) is 0.272. The van der Waals surface area contributed by atoms with E-state index in [-0.39, 0.29) is 5.91 Å². The van der Waals surface area contributed by atoms with Gasteiger partial charge in [-0.1, -0.05) is 108 Å². The molecule has 0 aliphatic carbocycles. The van der Waals surface area contributed by atoms with Gasteiger partial charge >= 0.3 is 0 Å². The molecule has 1 aromatic heterocycles. The molecule has 0 aliphatic rings. The van der Waals surface area contributed by atoms with E-state index in [0.29, 0.717) is 16.4 Å². The first-order valence-corrected chi connectivity index (χ1v) is 11.7. The molecule has 4 nitrogen and oxygen atoms in total. The highest BCUT2D eigenvalue weighted by Crippen LogP contribution is 2.40. The lowest BCUT2D eigenvalue weighted by Gasteiger charge is -2.07. The van der Waals surface area contributed by atoms with Crippen LogP contribution in [0.2, 0.25) is 0 Å². The molecular weight excluding hydrogens is 440 g/mol. The molecule has 5 rings (SSSR count). The predicted octanol–water partition coefficient (Wildman–Crippen LogP) is 7.41. The quantitative estimate of drug-likeness (QED) is 0.286. The molecule has 0 spiro atoms. The third-order valence-corrected chi connectivity index (χ3v) is 6.52. The normalized spacial score (nSPS) is 10.6. The third kappa shape index (κ3) is 4.47. The topological polar surface area (TPSA) is 51.2 Å². The van der Waals surface area contributed by atoms with Gasteiger partial charge in [-0.05, 0) is 28.8 Å². The molecule has 4 aromatic carbocycles. The highest BCUT2D eigenvalue weighted by atomic mass is 32.1. The van der Waals surface area contributed by atoms with Crippen LogP contribution in [0, 0.1) is 0 Å². The minimum absolute atomic E-state index is 0.253. The Bertz CT molecular complexity index is 1410. The van der Waals surface area contributed by atoms with E-state index in [0.717, 1.165) is 27.3 Å². The molecule has 0 aliphatic heterocycles. The molecule has 0 radical (unpaired) electrons. The fourth-order valence-electron chi connectivity index (χ4n) is 3.80. The van der Waals surface area contributed by atoms with Crippen molar-refractivity contribution in [1.82, 2.24) is 4.98 Å². The number of anilines is 1. The number of thiazole rings is 1. The second-order valence-electron chi connectivity index (χ2n) is 7.66. The summed E-state index contributed by atoms with van der Waals surface area (Å²) in [7, 11) is 1.56. The minimum atomic E-state index is -0.253. The summed E-state index contributed by atoms with van der Waals surface area (Å²) >= 11 is 1.46. The maximum Gasteiger partial charge on any atom is 0.261 e. The maximum atomic E-state index is 13.0. The van der Waals surface area contributed by atoms with Crippen LogP contribution in [0.25, 0.3) is 32.8 Å². The molecule has 0 atom stereocenters. The van der Waals surface area contributed by atoms with E-state index in [1.165, 1.54) is 16.9 Å². The number of amides is 1. The summed E-state index contributed by atoms with van der Waals surface area (Å²) < 4.78 is 5.34. The standard InChI is InChI=1S/C29H22N2O2S/c1-33-25-15-9-8-14-24(25)28(32)31-29-30-26(22-12-6-3-7-13-22)27(34-29)23-18-16-21(17-19-23)20-10-4-2-5-11-20/h2-19H,1H3,(H,30,31,32). The zero-order chi connectivity index (χ0) is 23.3. The minimum Gasteiger partial charge on any atom is -0.496 e. The van der Waals surface area contributed by atoms with Gasteiger partial charge in [-0.15, -0.1) is 0 Å². The summed E-state index contributed by atoms with van der Waals surface area (Å²) in [5, 5.41) is 3.50. The third-order valence-electron chi connectivity index (χ3n) is 5.50. The van der Waals surface area contributed by atoms with Crippen LogP contribution in [-0.2, 0) is 0 Å². The van der Waals surface area contributed by atoms with Crippen molar-refractivity contribution in [1.29, 1.82) is 0 Å². The average Bonchev–Trinajstić information content (AvgIpc) is 3.33. The zero-order valence-corrected chi connectivity index (χ0v) is 19.4. The second kappa shape index (κ2) is 9.73. The largest absolute Gasteiger partial charge is 0.496 e. The van der Waals surface area contributed by atoms with E-state index >= 15 is 0 Å². The molecule has 166 valence electrons. The number of ether oxygens (including phenoxy) is 1. The van der Waals surface area contributed by atoms with E-state index in [2.05, 4.69) is 41.7 Å². The van der Waals surface area contributed by atoms with Crippen LogP contribution < -0.4 is 10.1 Å². The SMILES string of the molecule is COc1ccccc1C(=O)Nc1nc(-c2ccccc2)c(-c2ccc(-c3ccccc3)cc2)s1. The molecule has 0 saturated heterocycles. The van der Waals surface area contributed by atoms with Gasteiger partial charge < -0.3 is 4.74 Å². The molecule has 5 heteroatoms. The van der Waals surface area contributed by atoms with Crippen LogP contribution in [0.4, 0.5) is 5.13 Å². The number of benzene rings is 4. The number of hydrogen-bond acceptors (Lipinski definition) is 4. The van der Waals surface area contributed by atoms with Crippen LogP contribution in [0.5, 0.6) is 5.75 Å². The molecule has 0 saturated carbocycles. The number of carbonyl (C=O) groups excluding carboxylic acids is 1. The Hall–Kier alpha value is -4.22. The first-order chi connectivity index (χ1) is 16.7. The van der Waals surface area contributed by atoms with E-state index in [9.17, 15) is 4.79 Å². The van der Waals surface area contributed by atoms with Gasteiger partial charge in [0, 0.05) is 5.56 Å². The Morgan fingerprint density at radius 3 is 1.94 bits per heavy atom. The first kappa shape index (κ1) is 21.6. The highest BCUT2D eigenvalue weighted by Gasteiger charge is 2.18. The monoisotopic (exact) mass is 462 g/mol. The van der Waals surface area contributed by atoms with Gasteiger partial charge in [0.15, 0.2) is 5.13 Å². The van der Waals surface area contributed by atoms with Crippen LogP contribution >= 0.6 is 11.3 Å². The molecule has 1 amide bonds. The Balaban J connectivity index is 1.51. The lowest BCUT2D eigenvalue weighted by Crippen LogP contribution is -2.12. The molecule has 34 heavy (non-hydrogen) atoms. The summed E-state index contributed by atoms with van der Waals surface area (Å²) in [4.78, 5) is 18.8. The Morgan fingerprint density at radius 2 is 1.26 bits per heavy atom. The molecule has 1 N–H and O–H groups in total. The van der Waals surface area contributed by atoms with Gasteiger partial charge in [0.1, 0.15) is 5.75 Å². The van der Waals surface area contributed by atoms with E-state index in [4.69, 9.17) is 9.72 Å². The summed E-state index contributed by atoms with van der Waals surface area (Å²) in [6.45, 7) is 0. The number of nitrogens with one attached hydrogen (secondary N) is 1. The van der Waals surface area contributed by atoms with Crippen molar-refractivity contribution >= 4 is 22.4 Å². The smallest absolute Gasteiger partial charge is 0.261 e. The van der Waals surface area contributed by atoms with Crippen molar-refractivity contribution in [3.05, 3.63) is 115 Å². The zero-order valence-electron chi connectivity index (χ0n) is 18.6. The molecule has 0 bridgehead atoms. The Morgan fingerprint density at radius 1 is 0.706 bits per heavy atom. The number of para-hydroxylation sites is 1. The van der Waals surface area contributed by atoms with E-state index in [1.54, 1.807) is 19.2 Å². The molecule has 0 fully saturated rings. The lowest BCUT2D eigenvalue weighted by atomic mass is 10.0. The van der Waals surface area contributed by atoms with E-state index < -0.39 is 0 Å². The Kier molecular flexibility index (Phi) is 6.19. The second-order valence-corrected chi connectivity index (χ2v) is 8.66. The predicted molar refractivity (Wildman–Crippen MR) is 139 cm³/mol. The number of aromatic nitrogens is 1. The van der Waals surface area contributed by atoms with Gasteiger partial charge in [0.05, 0.1) is 23.2 Å². The van der Waals surface area contributed by atoms with Gasteiger partial charge in [-0.2, -0.15) is 0 Å². The highest BCUT2D eigenvalue weighted by molar-refractivity contribution is 7.19. The van der Waals surface area contributed by atoms with Crippen LogP contribution in [0.3, 0.4) is 0 Å². The van der Waals surface area contributed by atoms with Crippen molar-refractivity contribution in [2.45, 2.75) is 0 Å². The molecule has 1 heterocycles. The van der Waals surface area contributed by atoms with Crippen LogP contribution in [0.1, 0.15) is 10.4 Å². The number of carbonyl (C=O) groups is 1. The number of hydrogen-bond donors (Lipinski definition) is 1.